The number of rotatable bonds is 2. The molecule has 0 fully saturated rings. The van der Waals surface area contributed by atoms with Crippen LogP contribution in [-0.4, -0.2) is 30.2 Å². The van der Waals surface area contributed by atoms with Crippen LogP contribution in [0.2, 0.25) is 0 Å². The number of carbonyl (C=O) groups is 3. The predicted octanol–water partition coefficient (Wildman–Crippen LogP) is -0.490. The van der Waals surface area contributed by atoms with Crippen molar-refractivity contribution in [2.75, 3.05) is 7.11 Å². The van der Waals surface area contributed by atoms with Crippen LogP contribution in [0, 0.1) is 0 Å². The summed E-state index contributed by atoms with van der Waals surface area (Å²) in [7, 11) is 1.09. The number of nitrogens with one attached hydrogen (secondary N) is 1. The normalized spacial score (nSPS) is 9.42. The highest BCUT2D eigenvalue weighted by molar-refractivity contribution is 6.01. The maximum atomic E-state index is 10.6. The number of carboxylic acid groups (broad SMARTS) is 1. The van der Waals surface area contributed by atoms with Crippen molar-refractivity contribution in [3.05, 3.63) is 12.2 Å². The minimum absolute atomic E-state index is 0.609. The van der Waals surface area contributed by atoms with Crippen LogP contribution in [0.1, 0.15) is 0 Å². The van der Waals surface area contributed by atoms with E-state index in [0.29, 0.717) is 12.2 Å². The first-order chi connectivity index (χ1) is 5.56. The Bertz CT molecular complexity index is 232. The van der Waals surface area contributed by atoms with Crippen molar-refractivity contribution in [1.29, 1.82) is 0 Å². The van der Waals surface area contributed by atoms with Gasteiger partial charge in [-0.2, -0.15) is 0 Å². The second-order valence-electron chi connectivity index (χ2n) is 1.65. The molecule has 0 spiro atoms. The number of aliphatic carboxylic acids is 1. The standard InChI is InChI=1S/C6H7NO5/c1-12-6(11)7-4(8)2-3-5(9)10/h2-3H,1H3,(H,9,10)(H,7,8,11)/b3-2-. The summed E-state index contributed by atoms with van der Waals surface area (Å²) < 4.78 is 4.08. The molecule has 0 saturated carbocycles. The lowest BCUT2D eigenvalue weighted by Gasteiger charge is -1.96. The van der Waals surface area contributed by atoms with Gasteiger partial charge in [0.05, 0.1) is 7.11 Å². The summed E-state index contributed by atoms with van der Waals surface area (Å²) in [5.74, 6) is -2.11. The number of ether oxygens (including phenoxy) is 1. The van der Waals surface area contributed by atoms with Gasteiger partial charge in [0.15, 0.2) is 0 Å². The van der Waals surface area contributed by atoms with E-state index < -0.39 is 18.0 Å². The molecule has 0 radical (unpaired) electrons. The molecule has 0 bridgehead atoms. The molecule has 12 heavy (non-hydrogen) atoms. The van der Waals surface area contributed by atoms with E-state index in [4.69, 9.17) is 5.11 Å². The topological polar surface area (TPSA) is 92.7 Å². The van der Waals surface area contributed by atoms with Crippen molar-refractivity contribution in [3.63, 3.8) is 0 Å². The van der Waals surface area contributed by atoms with Crippen LogP contribution in [0.4, 0.5) is 4.79 Å². The van der Waals surface area contributed by atoms with Gasteiger partial charge in [-0.15, -0.1) is 0 Å². The summed E-state index contributed by atoms with van der Waals surface area (Å²) >= 11 is 0. The SMILES string of the molecule is COC(=O)NC(=O)/C=C\C(=O)O. The molecule has 2 N–H and O–H groups in total. The molecule has 2 amide bonds. The third kappa shape index (κ3) is 4.98. The maximum Gasteiger partial charge on any atom is 0.413 e. The van der Waals surface area contributed by atoms with Gasteiger partial charge in [-0.05, 0) is 0 Å². The number of imide groups is 1. The Labute approximate surface area is 67.8 Å². The molecule has 6 nitrogen and oxygen atoms in total. The molecule has 0 saturated heterocycles. The van der Waals surface area contributed by atoms with Crippen LogP contribution in [0.15, 0.2) is 12.2 Å². The average Bonchev–Trinajstić information content (AvgIpc) is 2.00. The Morgan fingerprint density at radius 1 is 1.33 bits per heavy atom. The first-order valence-electron chi connectivity index (χ1n) is 2.86. The zero-order valence-corrected chi connectivity index (χ0v) is 6.23. The Morgan fingerprint density at radius 2 is 1.92 bits per heavy atom. The van der Waals surface area contributed by atoms with E-state index in [1.54, 1.807) is 5.32 Å². The highest BCUT2D eigenvalue weighted by Gasteiger charge is 2.02. The summed E-state index contributed by atoms with van der Waals surface area (Å²) in [5, 5.41) is 9.81. The molecule has 0 aliphatic rings. The van der Waals surface area contributed by atoms with Crippen LogP contribution < -0.4 is 5.32 Å². The number of carbonyl (C=O) groups excluding carboxylic acids is 2. The molecule has 0 atom stereocenters. The number of methoxy groups -OCH3 is 1. The zero-order valence-electron chi connectivity index (χ0n) is 6.23. The number of amides is 2. The van der Waals surface area contributed by atoms with Gasteiger partial charge in [0.1, 0.15) is 0 Å². The van der Waals surface area contributed by atoms with Gasteiger partial charge >= 0.3 is 12.1 Å². The molecule has 66 valence electrons. The van der Waals surface area contributed by atoms with Crippen molar-refractivity contribution in [2.45, 2.75) is 0 Å². The minimum Gasteiger partial charge on any atom is -0.478 e. The second kappa shape index (κ2) is 4.89. The maximum absolute atomic E-state index is 10.6. The van der Waals surface area contributed by atoms with E-state index in [1.165, 1.54) is 0 Å². The zero-order chi connectivity index (χ0) is 9.56. The van der Waals surface area contributed by atoms with Gasteiger partial charge in [-0.3, -0.25) is 10.1 Å². The molecular weight excluding hydrogens is 166 g/mol. The van der Waals surface area contributed by atoms with Crippen molar-refractivity contribution in [2.24, 2.45) is 0 Å². The lowest BCUT2D eigenvalue weighted by Crippen LogP contribution is -2.28. The van der Waals surface area contributed by atoms with E-state index in [-0.39, 0.29) is 0 Å². The number of hydrogen-bond donors (Lipinski definition) is 2. The fourth-order valence-corrected chi connectivity index (χ4v) is 0.340. The highest BCUT2D eigenvalue weighted by Crippen LogP contribution is 1.76. The third-order valence-corrected chi connectivity index (χ3v) is 0.788. The molecular formula is C6H7NO5. The average molecular weight is 173 g/mol. The molecule has 0 aliphatic carbocycles. The summed E-state index contributed by atoms with van der Waals surface area (Å²) in [6, 6.07) is 0. The van der Waals surface area contributed by atoms with Crippen LogP contribution in [0.3, 0.4) is 0 Å². The molecule has 0 aromatic carbocycles. The van der Waals surface area contributed by atoms with Crippen molar-refractivity contribution < 1.29 is 24.2 Å². The number of alkyl carbamates (subject to hydrolysis) is 1. The van der Waals surface area contributed by atoms with Gasteiger partial charge in [-0.1, -0.05) is 0 Å². The monoisotopic (exact) mass is 173 g/mol. The van der Waals surface area contributed by atoms with Gasteiger partial charge < -0.3 is 9.84 Å². The molecule has 6 heteroatoms. The lowest BCUT2D eigenvalue weighted by atomic mass is 10.5. The van der Waals surface area contributed by atoms with Crippen LogP contribution >= 0.6 is 0 Å². The summed E-state index contributed by atoms with van der Waals surface area (Å²) in [5.41, 5.74) is 0. The van der Waals surface area contributed by atoms with Gasteiger partial charge in [-0.25, -0.2) is 9.59 Å². The van der Waals surface area contributed by atoms with Crippen LogP contribution in [0.5, 0.6) is 0 Å². The van der Waals surface area contributed by atoms with E-state index >= 15 is 0 Å². The smallest absolute Gasteiger partial charge is 0.413 e. The third-order valence-electron chi connectivity index (χ3n) is 0.788. The highest BCUT2D eigenvalue weighted by atomic mass is 16.5. The van der Waals surface area contributed by atoms with Crippen molar-refractivity contribution in [3.8, 4) is 0 Å². The second-order valence-corrected chi connectivity index (χ2v) is 1.65. The van der Waals surface area contributed by atoms with E-state index in [0.717, 1.165) is 7.11 Å². The van der Waals surface area contributed by atoms with E-state index in [2.05, 4.69) is 4.74 Å². The Morgan fingerprint density at radius 3 is 2.33 bits per heavy atom. The molecule has 0 aromatic heterocycles. The predicted molar refractivity (Wildman–Crippen MR) is 37.3 cm³/mol. The fraction of sp³-hybridized carbons (Fsp3) is 0.167. The number of carboxylic acids is 1. The Hall–Kier alpha value is -1.85. The van der Waals surface area contributed by atoms with Crippen LogP contribution in [0.25, 0.3) is 0 Å². The Balaban J connectivity index is 3.90. The summed E-state index contributed by atoms with van der Waals surface area (Å²) in [6.45, 7) is 0. The molecule has 0 aliphatic heterocycles. The van der Waals surface area contributed by atoms with Crippen LogP contribution in [-0.2, 0) is 14.3 Å². The number of hydrogen-bond acceptors (Lipinski definition) is 4. The van der Waals surface area contributed by atoms with E-state index in [9.17, 15) is 14.4 Å². The molecule has 0 heterocycles. The molecule has 0 rings (SSSR count). The molecule has 0 aromatic rings. The first kappa shape index (κ1) is 10.2. The van der Waals surface area contributed by atoms with E-state index in [1.807, 2.05) is 0 Å². The Kier molecular flexibility index (Phi) is 4.13. The lowest BCUT2D eigenvalue weighted by molar-refractivity contribution is -0.131. The van der Waals surface area contributed by atoms with Crippen molar-refractivity contribution in [1.82, 2.24) is 5.32 Å². The van der Waals surface area contributed by atoms with Gasteiger partial charge in [0.2, 0.25) is 0 Å². The summed E-state index contributed by atoms with van der Waals surface area (Å²) in [6.07, 6.45) is 0.382. The largest absolute Gasteiger partial charge is 0.478 e. The van der Waals surface area contributed by atoms with Gasteiger partial charge in [0.25, 0.3) is 5.91 Å². The fourth-order valence-electron chi connectivity index (χ4n) is 0.340. The summed E-state index contributed by atoms with van der Waals surface area (Å²) in [4.78, 5) is 30.8. The van der Waals surface area contributed by atoms with Gasteiger partial charge in [0, 0.05) is 12.2 Å². The first-order valence-corrected chi connectivity index (χ1v) is 2.86. The quantitative estimate of drug-likeness (QED) is 0.549. The minimum atomic E-state index is -1.27. The molecule has 0 unspecified atom stereocenters. The van der Waals surface area contributed by atoms with Crippen molar-refractivity contribution >= 4 is 18.0 Å².